The molecule has 1 aromatic heterocycles. The monoisotopic (exact) mass is 279 g/mol. The molecule has 0 radical (unpaired) electrons. The van der Waals surface area contributed by atoms with Gasteiger partial charge in [0.1, 0.15) is 6.33 Å². The molecule has 0 aliphatic carbocycles. The number of hydrogen-bond donors (Lipinski definition) is 1. The summed E-state index contributed by atoms with van der Waals surface area (Å²) < 4.78 is 1.60. The highest BCUT2D eigenvalue weighted by Gasteiger charge is 2.10. The van der Waals surface area contributed by atoms with E-state index in [1.165, 1.54) is 0 Å². The number of rotatable bonds is 4. The van der Waals surface area contributed by atoms with Crippen molar-refractivity contribution in [3.05, 3.63) is 29.5 Å². The van der Waals surface area contributed by atoms with Crippen LogP contribution in [0.2, 0.25) is 5.02 Å². The van der Waals surface area contributed by atoms with Crippen molar-refractivity contribution in [2.75, 3.05) is 11.9 Å². The molecule has 1 N–H and O–H groups in total. The topological polar surface area (TPSA) is 55.6 Å². The first-order valence-corrected chi connectivity index (χ1v) is 6.60. The summed E-state index contributed by atoms with van der Waals surface area (Å²) >= 11 is 6.18. The Balaban J connectivity index is 2.10. The van der Waals surface area contributed by atoms with E-state index in [1.54, 1.807) is 11.0 Å². The molecule has 1 heterocycles. The van der Waals surface area contributed by atoms with E-state index < -0.39 is 0 Å². The molecule has 0 atom stereocenters. The van der Waals surface area contributed by atoms with Crippen LogP contribution in [0.5, 0.6) is 0 Å². The molecule has 102 valence electrons. The van der Waals surface area contributed by atoms with Gasteiger partial charge in [0.05, 0.1) is 16.4 Å². The summed E-state index contributed by atoms with van der Waals surface area (Å²) in [6.07, 6.45) is 2.63. The molecule has 0 saturated heterocycles. The van der Waals surface area contributed by atoms with Crippen LogP contribution in [0.3, 0.4) is 0 Å². The van der Waals surface area contributed by atoms with E-state index in [0.29, 0.717) is 10.4 Å². The van der Waals surface area contributed by atoms with Gasteiger partial charge in [-0.2, -0.15) is 0 Å². The van der Waals surface area contributed by atoms with Gasteiger partial charge in [-0.1, -0.05) is 32.4 Å². The van der Waals surface area contributed by atoms with Crippen molar-refractivity contribution < 1.29 is 0 Å². The minimum Gasteiger partial charge on any atom is -0.384 e. The summed E-state index contributed by atoms with van der Waals surface area (Å²) in [7, 11) is 0. The normalized spacial score (nSPS) is 11.6. The number of halogens is 1. The van der Waals surface area contributed by atoms with Gasteiger partial charge in [0, 0.05) is 6.54 Å². The Morgan fingerprint density at radius 2 is 2.11 bits per heavy atom. The zero-order valence-corrected chi connectivity index (χ0v) is 12.1. The fourth-order valence-electron chi connectivity index (χ4n) is 1.64. The van der Waals surface area contributed by atoms with Gasteiger partial charge < -0.3 is 5.32 Å². The Labute approximate surface area is 118 Å². The van der Waals surface area contributed by atoms with Crippen LogP contribution in [0.4, 0.5) is 5.69 Å². The van der Waals surface area contributed by atoms with E-state index >= 15 is 0 Å². The molecule has 19 heavy (non-hydrogen) atoms. The Morgan fingerprint density at radius 1 is 1.32 bits per heavy atom. The van der Waals surface area contributed by atoms with Crippen molar-refractivity contribution in [2.24, 2.45) is 5.41 Å². The lowest BCUT2D eigenvalue weighted by Crippen LogP contribution is -2.13. The van der Waals surface area contributed by atoms with Gasteiger partial charge in [0.15, 0.2) is 0 Å². The van der Waals surface area contributed by atoms with Crippen LogP contribution in [0.1, 0.15) is 27.2 Å². The van der Waals surface area contributed by atoms with E-state index in [2.05, 4.69) is 41.6 Å². The number of aromatic nitrogens is 4. The molecule has 0 unspecified atom stereocenters. The van der Waals surface area contributed by atoms with E-state index in [9.17, 15) is 0 Å². The largest absolute Gasteiger partial charge is 0.384 e. The highest BCUT2D eigenvalue weighted by molar-refractivity contribution is 6.33. The van der Waals surface area contributed by atoms with E-state index in [4.69, 9.17) is 11.6 Å². The molecular weight excluding hydrogens is 262 g/mol. The number of tetrazole rings is 1. The second kappa shape index (κ2) is 5.57. The summed E-state index contributed by atoms with van der Waals surface area (Å²) in [5.41, 5.74) is 2.08. The molecule has 2 aromatic rings. The lowest BCUT2D eigenvalue weighted by molar-refractivity contribution is 0.390. The maximum atomic E-state index is 6.18. The molecule has 0 bridgehead atoms. The molecule has 1 aromatic carbocycles. The Kier molecular flexibility index (Phi) is 4.04. The summed E-state index contributed by atoms with van der Waals surface area (Å²) in [6, 6.07) is 5.67. The quantitative estimate of drug-likeness (QED) is 0.934. The van der Waals surface area contributed by atoms with Crippen molar-refractivity contribution in [1.29, 1.82) is 0 Å². The first-order valence-electron chi connectivity index (χ1n) is 6.22. The molecule has 0 aliphatic heterocycles. The first kappa shape index (κ1) is 13.8. The number of anilines is 1. The van der Waals surface area contributed by atoms with Gasteiger partial charge in [0.25, 0.3) is 0 Å². The molecule has 6 heteroatoms. The lowest BCUT2D eigenvalue weighted by Gasteiger charge is -2.19. The first-order chi connectivity index (χ1) is 8.96. The molecular formula is C13H18ClN5. The Morgan fingerprint density at radius 3 is 2.74 bits per heavy atom. The van der Waals surface area contributed by atoms with Crippen LogP contribution in [-0.2, 0) is 0 Å². The minimum absolute atomic E-state index is 0.299. The average Bonchev–Trinajstić information content (AvgIpc) is 2.83. The molecule has 0 fully saturated rings. The van der Waals surface area contributed by atoms with Crippen molar-refractivity contribution in [2.45, 2.75) is 27.2 Å². The molecule has 2 rings (SSSR count). The number of hydrogen-bond acceptors (Lipinski definition) is 4. The zero-order valence-electron chi connectivity index (χ0n) is 11.4. The Bertz CT molecular complexity index is 530. The molecule has 5 nitrogen and oxygen atoms in total. The SMILES string of the molecule is CC(C)(C)CCNc1cc(-n2cnnn2)ccc1Cl. The fraction of sp³-hybridized carbons (Fsp3) is 0.462. The van der Waals surface area contributed by atoms with Gasteiger partial charge in [-0.25, -0.2) is 4.68 Å². The average molecular weight is 280 g/mol. The number of nitrogens with one attached hydrogen (secondary N) is 1. The lowest BCUT2D eigenvalue weighted by atomic mass is 9.92. The molecule has 0 saturated carbocycles. The maximum Gasteiger partial charge on any atom is 0.143 e. The highest BCUT2D eigenvalue weighted by atomic mass is 35.5. The molecule has 0 spiro atoms. The van der Waals surface area contributed by atoms with Crippen molar-refractivity contribution >= 4 is 17.3 Å². The standard InChI is InChI=1S/C13H18ClN5/c1-13(2,3)6-7-15-12-8-10(4-5-11(12)14)19-9-16-17-18-19/h4-5,8-9,15H,6-7H2,1-3H3. The van der Waals surface area contributed by atoms with Crippen LogP contribution < -0.4 is 5.32 Å². The predicted octanol–water partition coefficient (Wildman–Crippen LogP) is 3.16. The second-order valence-corrected chi connectivity index (χ2v) is 6.06. The van der Waals surface area contributed by atoms with Crippen molar-refractivity contribution in [1.82, 2.24) is 20.2 Å². The number of nitrogens with zero attached hydrogens (tertiary/aromatic N) is 4. The van der Waals surface area contributed by atoms with Gasteiger partial charge >= 0.3 is 0 Å². The van der Waals surface area contributed by atoms with Gasteiger partial charge in [-0.3, -0.25) is 0 Å². The minimum atomic E-state index is 0.299. The smallest absolute Gasteiger partial charge is 0.143 e. The predicted molar refractivity (Wildman–Crippen MR) is 76.7 cm³/mol. The van der Waals surface area contributed by atoms with Crippen LogP contribution in [0.15, 0.2) is 24.5 Å². The molecule has 0 amide bonds. The summed E-state index contributed by atoms with van der Waals surface area (Å²) in [4.78, 5) is 0. The fourth-order valence-corrected chi connectivity index (χ4v) is 1.83. The Hall–Kier alpha value is -1.62. The summed E-state index contributed by atoms with van der Waals surface area (Å²) in [6.45, 7) is 7.53. The van der Waals surface area contributed by atoms with Crippen molar-refractivity contribution in [3.8, 4) is 5.69 Å². The van der Waals surface area contributed by atoms with Gasteiger partial charge in [-0.15, -0.1) is 5.10 Å². The van der Waals surface area contributed by atoms with E-state index in [1.807, 2.05) is 18.2 Å². The third-order valence-electron chi connectivity index (χ3n) is 2.75. The van der Waals surface area contributed by atoms with Crippen LogP contribution in [-0.4, -0.2) is 26.8 Å². The number of benzene rings is 1. The maximum absolute atomic E-state index is 6.18. The third-order valence-corrected chi connectivity index (χ3v) is 3.08. The third kappa shape index (κ3) is 3.92. The molecule has 0 aliphatic rings. The second-order valence-electron chi connectivity index (χ2n) is 5.66. The zero-order chi connectivity index (χ0) is 13.9. The van der Waals surface area contributed by atoms with Gasteiger partial charge in [0.2, 0.25) is 0 Å². The van der Waals surface area contributed by atoms with Crippen LogP contribution >= 0.6 is 11.6 Å². The van der Waals surface area contributed by atoms with Gasteiger partial charge in [-0.05, 0) is 40.5 Å². The van der Waals surface area contributed by atoms with Crippen LogP contribution in [0, 0.1) is 5.41 Å². The van der Waals surface area contributed by atoms with Crippen molar-refractivity contribution in [3.63, 3.8) is 0 Å². The summed E-state index contributed by atoms with van der Waals surface area (Å²) in [5, 5.41) is 15.2. The highest BCUT2D eigenvalue weighted by Crippen LogP contribution is 2.25. The van der Waals surface area contributed by atoms with E-state index in [-0.39, 0.29) is 0 Å². The van der Waals surface area contributed by atoms with E-state index in [0.717, 1.165) is 24.3 Å². The summed E-state index contributed by atoms with van der Waals surface area (Å²) in [5.74, 6) is 0. The van der Waals surface area contributed by atoms with Crippen LogP contribution in [0.25, 0.3) is 5.69 Å².